The zero-order valence-corrected chi connectivity index (χ0v) is 13.7. The minimum Gasteiger partial charge on any atom is -0.349 e. The van der Waals surface area contributed by atoms with Gasteiger partial charge in [0.15, 0.2) is 5.96 Å². The van der Waals surface area contributed by atoms with E-state index in [2.05, 4.69) is 28.9 Å². The van der Waals surface area contributed by atoms with Crippen molar-refractivity contribution in [3.05, 3.63) is 0 Å². The molecule has 0 radical (unpaired) electrons. The van der Waals surface area contributed by atoms with Crippen LogP contribution in [0.2, 0.25) is 0 Å². The highest BCUT2D eigenvalue weighted by atomic mass is 127. The predicted octanol–water partition coefficient (Wildman–Crippen LogP) is 2.81. The molecule has 3 nitrogen and oxygen atoms in total. The Morgan fingerprint density at radius 1 is 1.12 bits per heavy atom. The van der Waals surface area contributed by atoms with Gasteiger partial charge in [0.05, 0.1) is 0 Å². The van der Waals surface area contributed by atoms with Crippen LogP contribution in [-0.2, 0) is 0 Å². The van der Waals surface area contributed by atoms with Crippen molar-refractivity contribution in [2.24, 2.45) is 10.4 Å². The van der Waals surface area contributed by atoms with Crippen molar-refractivity contribution in [3.63, 3.8) is 0 Å². The van der Waals surface area contributed by atoms with Crippen LogP contribution >= 0.6 is 24.0 Å². The van der Waals surface area contributed by atoms with Crippen molar-refractivity contribution in [1.29, 1.82) is 0 Å². The third-order valence-electron chi connectivity index (χ3n) is 4.24. The van der Waals surface area contributed by atoms with Gasteiger partial charge in [-0.1, -0.05) is 19.3 Å². The molecule has 1 spiro atoms. The van der Waals surface area contributed by atoms with Gasteiger partial charge in [-0.15, -0.1) is 24.0 Å². The first kappa shape index (κ1) is 15.1. The van der Waals surface area contributed by atoms with E-state index >= 15 is 0 Å². The summed E-state index contributed by atoms with van der Waals surface area (Å²) in [7, 11) is 6.09. The van der Waals surface area contributed by atoms with Crippen LogP contribution in [0.15, 0.2) is 4.99 Å². The Bertz CT molecular complexity index is 270. The van der Waals surface area contributed by atoms with E-state index in [1.54, 1.807) is 0 Å². The van der Waals surface area contributed by atoms with E-state index in [9.17, 15) is 0 Å². The highest BCUT2D eigenvalue weighted by Crippen LogP contribution is 2.43. The van der Waals surface area contributed by atoms with Crippen molar-refractivity contribution >= 4 is 29.9 Å². The molecule has 4 heteroatoms. The number of hydrogen-bond donors (Lipinski definition) is 0. The first-order chi connectivity index (χ1) is 7.67. The molecule has 2 aliphatic rings. The Kier molecular flexibility index (Phi) is 5.54. The van der Waals surface area contributed by atoms with Crippen LogP contribution in [0.25, 0.3) is 0 Å². The fourth-order valence-corrected chi connectivity index (χ4v) is 3.44. The maximum atomic E-state index is 4.42. The summed E-state index contributed by atoms with van der Waals surface area (Å²) in [6, 6.07) is 0. The number of nitrogens with zero attached hydrogens (tertiary/aromatic N) is 3. The molecule has 0 unspecified atom stereocenters. The molecule has 1 aliphatic carbocycles. The van der Waals surface area contributed by atoms with E-state index in [0.717, 1.165) is 5.96 Å². The third kappa shape index (κ3) is 3.26. The molecular weight excluding hydrogens is 325 g/mol. The molecule has 2 fully saturated rings. The van der Waals surface area contributed by atoms with Gasteiger partial charge >= 0.3 is 0 Å². The van der Waals surface area contributed by atoms with Crippen LogP contribution in [0.4, 0.5) is 0 Å². The minimum absolute atomic E-state index is 0. The number of rotatable bonds is 0. The number of halogens is 1. The lowest BCUT2D eigenvalue weighted by atomic mass is 9.73. The molecule has 1 heterocycles. The molecule has 17 heavy (non-hydrogen) atoms. The molecule has 0 aromatic carbocycles. The first-order valence-corrected chi connectivity index (χ1v) is 6.56. The van der Waals surface area contributed by atoms with Gasteiger partial charge in [-0.2, -0.15) is 0 Å². The monoisotopic (exact) mass is 351 g/mol. The van der Waals surface area contributed by atoms with Gasteiger partial charge in [0.2, 0.25) is 0 Å². The average Bonchev–Trinajstić information content (AvgIpc) is 2.64. The lowest BCUT2D eigenvalue weighted by Gasteiger charge is -2.34. The second-order valence-corrected chi connectivity index (χ2v) is 5.65. The van der Waals surface area contributed by atoms with Crippen molar-refractivity contribution in [2.45, 2.75) is 38.5 Å². The summed E-state index contributed by atoms with van der Waals surface area (Å²) in [4.78, 5) is 9.03. The van der Waals surface area contributed by atoms with Gasteiger partial charge in [-0.05, 0) is 24.7 Å². The molecule has 0 aromatic rings. The number of aliphatic imine (C=N–C) groups is 1. The number of likely N-dealkylation sites (tertiary alicyclic amines) is 1. The van der Waals surface area contributed by atoms with E-state index in [1.165, 1.54) is 51.6 Å². The quantitative estimate of drug-likeness (QED) is 0.380. The summed E-state index contributed by atoms with van der Waals surface area (Å²) < 4.78 is 0. The van der Waals surface area contributed by atoms with Crippen LogP contribution in [0, 0.1) is 5.41 Å². The SMILES string of the molecule is CN=C(N(C)C)N1CCC2(CCCCC2)C1.I. The van der Waals surface area contributed by atoms with E-state index in [-0.39, 0.29) is 24.0 Å². The predicted molar refractivity (Wildman–Crippen MR) is 84.2 cm³/mol. The van der Waals surface area contributed by atoms with Crippen LogP contribution in [0.3, 0.4) is 0 Å². The zero-order valence-electron chi connectivity index (χ0n) is 11.4. The van der Waals surface area contributed by atoms with Gasteiger partial charge < -0.3 is 9.80 Å². The summed E-state index contributed by atoms with van der Waals surface area (Å²) in [5.41, 5.74) is 0.629. The highest BCUT2D eigenvalue weighted by Gasteiger charge is 2.39. The summed E-state index contributed by atoms with van der Waals surface area (Å²) in [6.07, 6.45) is 8.58. The van der Waals surface area contributed by atoms with E-state index in [1.807, 2.05) is 7.05 Å². The van der Waals surface area contributed by atoms with Gasteiger partial charge in [0.1, 0.15) is 0 Å². The molecule has 100 valence electrons. The normalized spacial score (nSPS) is 23.7. The average molecular weight is 351 g/mol. The second-order valence-electron chi connectivity index (χ2n) is 5.65. The highest BCUT2D eigenvalue weighted by molar-refractivity contribution is 14.0. The smallest absolute Gasteiger partial charge is 0.195 e. The summed E-state index contributed by atoms with van der Waals surface area (Å²) in [5.74, 6) is 1.16. The lowest BCUT2D eigenvalue weighted by Crippen LogP contribution is -2.40. The zero-order chi connectivity index (χ0) is 11.6. The second kappa shape index (κ2) is 6.25. The Morgan fingerprint density at radius 3 is 2.29 bits per heavy atom. The third-order valence-corrected chi connectivity index (χ3v) is 4.24. The Labute approximate surface area is 123 Å². The van der Waals surface area contributed by atoms with Crippen molar-refractivity contribution < 1.29 is 0 Å². The summed E-state index contributed by atoms with van der Waals surface area (Å²) >= 11 is 0. The molecule has 1 saturated carbocycles. The molecule has 0 amide bonds. The van der Waals surface area contributed by atoms with E-state index in [0.29, 0.717) is 5.41 Å². The summed E-state index contributed by atoms with van der Waals surface area (Å²) in [5, 5.41) is 0. The fraction of sp³-hybridized carbons (Fsp3) is 0.923. The Hall–Kier alpha value is 0. The van der Waals surface area contributed by atoms with Gasteiger partial charge in [0.25, 0.3) is 0 Å². The van der Waals surface area contributed by atoms with Crippen LogP contribution in [-0.4, -0.2) is 50.0 Å². The van der Waals surface area contributed by atoms with Crippen molar-refractivity contribution in [3.8, 4) is 0 Å². The molecule has 0 bridgehead atoms. The lowest BCUT2D eigenvalue weighted by molar-refractivity contribution is 0.201. The Balaban J connectivity index is 0.00000144. The van der Waals surface area contributed by atoms with Gasteiger partial charge in [-0.25, -0.2) is 0 Å². The molecule has 0 atom stereocenters. The van der Waals surface area contributed by atoms with E-state index in [4.69, 9.17) is 0 Å². The molecular formula is C13H26IN3. The van der Waals surface area contributed by atoms with Gasteiger partial charge in [0, 0.05) is 34.2 Å². The number of hydrogen-bond acceptors (Lipinski definition) is 1. The van der Waals surface area contributed by atoms with E-state index < -0.39 is 0 Å². The molecule has 0 N–H and O–H groups in total. The van der Waals surface area contributed by atoms with Crippen LogP contribution in [0.5, 0.6) is 0 Å². The topological polar surface area (TPSA) is 18.8 Å². The largest absolute Gasteiger partial charge is 0.349 e. The first-order valence-electron chi connectivity index (χ1n) is 6.56. The Morgan fingerprint density at radius 2 is 1.76 bits per heavy atom. The summed E-state index contributed by atoms with van der Waals surface area (Å²) in [6.45, 7) is 2.43. The molecule has 1 aliphatic heterocycles. The minimum atomic E-state index is 0. The maximum absolute atomic E-state index is 4.42. The van der Waals surface area contributed by atoms with Gasteiger partial charge in [-0.3, -0.25) is 4.99 Å². The van der Waals surface area contributed by atoms with Crippen LogP contribution < -0.4 is 0 Å². The maximum Gasteiger partial charge on any atom is 0.195 e. The van der Waals surface area contributed by atoms with Crippen LogP contribution in [0.1, 0.15) is 38.5 Å². The molecule has 0 aromatic heterocycles. The van der Waals surface area contributed by atoms with Crippen molar-refractivity contribution in [1.82, 2.24) is 9.80 Å². The van der Waals surface area contributed by atoms with Crippen molar-refractivity contribution in [2.75, 3.05) is 34.2 Å². The number of guanidine groups is 1. The standard InChI is InChI=1S/C13H25N3.HI/c1-14-12(15(2)3)16-10-9-13(11-16)7-5-4-6-8-13;/h4-11H2,1-3H3;1H. The fourth-order valence-electron chi connectivity index (χ4n) is 3.44. The molecule has 1 saturated heterocycles. The molecule has 2 rings (SSSR count).